The van der Waals surface area contributed by atoms with Crippen LogP contribution in [0.4, 0.5) is 0 Å². The summed E-state index contributed by atoms with van der Waals surface area (Å²) in [5.74, 6) is 1.17. The first-order chi connectivity index (χ1) is 16.1. The molecule has 3 aromatic carbocycles. The van der Waals surface area contributed by atoms with Gasteiger partial charge >= 0.3 is 0 Å². The monoisotopic (exact) mass is 505 g/mol. The maximum Gasteiger partial charge on any atom is 0.240 e. The van der Waals surface area contributed by atoms with E-state index in [9.17, 15) is 4.79 Å². The fourth-order valence-electron chi connectivity index (χ4n) is 3.49. The molecular formula is C26H24BrN3O3. The molecule has 0 aliphatic heterocycles. The number of hydrogen-bond acceptors (Lipinski definition) is 4. The molecule has 0 fully saturated rings. The van der Waals surface area contributed by atoms with Crippen LogP contribution < -0.4 is 14.9 Å². The van der Waals surface area contributed by atoms with Gasteiger partial charge in [-0.1, -0.05) is 46.3 Å². The molecule has 7 heteroatoms. The van der Waals surface area contributed by atoms with Crippen molar-refractivity contribution in [1.82, 2.24) is 10.4 Å². The molecule has 0 bridgehead atoms. The van der Waals surface area contributed by atoms with Gasteiger partial charge in [0.15, 0.2) is 0 Å². The predicted molar refractivity (Wildman–Crippen MR) is 134 cm³/mol. The molecule has 1 heterocycles. The Morgan fingerprint density at radius 3 is 2.85 bits per heavy atom. The normalized spacial score (nSPS) is 11.1. The summed E-state index contributed by atoms with van der Waals surface area (Å²) in [7, 11) is 1.60. The van der Waals surface area contributed by atoms with E-state index in [2.05, 4.69) is 37.5 Å². The van der Waals surface area contributed by atoms with Gasteiger partial charge in [-0.05, 0) is 53.9 Å². The third-order valence-electron chi connectivity index (χ3n) is 5.19. The maximum absolute atomic E-state index is 12.3. The number of aromatic amines is 1. The van der Waals surface area contributed by atoms with E-state index in [-0.39, 0.29) is 5.91 Å². The van der Waals surface area contributed by atoms with Crippen LogP contribution in [0, 0.1) is 0 Å². The van der Waals surface area contributed by atoms with Gasteiger partial charge in [0.05, 0.1) is 13.3 Å². The van der Waals surface area contributed by atoms with E-state index >= 15 is 0 Å². The largest absolute Gasteiger partial charge is 0.497 e. The summed E-state index contributed by atoms with van der Waals surface area (Å²) < 4.78 is 12.3. The Bertz CT molecular complexity index is 1280. The van der Waals surface area contributed by atoms with Gasteiger partial charge < -0.3 is 14.5 Å². The van der Waals surface area contributed by atoms with Crippen molar-refractivity contribution >= 4 is 39.0 Å². The van der Waals surface area contributed by atoms with Crippen LogP contribution in [0.25, 0.3) is 10.9 Å². The second-order valence-corrected chi connectivity index (χ2v) is 8.39. The van der Waals surface area contributed by atoms with Crippen LogP contribution in [-0.2, 0) is 17.8 Å². The lowest BCUT2D eigenvalue weighted by atomic mass is 10.1. The highest BCUT2D eigenvalue weighted by atomic mass is 79.9. The molecule has 33 heavy (non-hydrogen) atoms. The number of hydrazone groups is 1. The molecule has 0 unspecified atom stereocenters. The summed E-state index contributed by atoms with van der Waals surface area (Å²) in [5, 5.41) is 5.27. The number of nitrogens with zero attached hydrogens (tertiary/aromatic N) is 1. The molecule has 4 rings (SSSR count). The predicted octanol–water partition coefficient (Wildman–Crippen LogP) is 5.60. The second kappa shape index (κ2) is 10.8. The van der Waals surface area contributed by atoms with Crippen LogP contribution >= 0.6 is 15.9 Å². The van der Waals surface area contributed by atoms with E-state index in [1.54, 1.807) is 13.3 Å². The van der Waals surface area contributed by atoms with E-state index < -0.39 is 0 Å². The number of aryl methyl sites for hydroxylation is 1. The molecule has 0 saturated heterocycles. The van der Waals surface area contributed by atoms with Crippen molar-refractivity contribution in [2.75, 3.05) is 7.11 Å². The lowest BCUT2D eigenvalue weighted by Crippen LogP contribution is -2.18. The molecule has 0 atom stereocenters. The number of carbonyl (C=O) groups is 1. The summed E-state index contributed by atoms with van der Waals surface area (Å²) in [6.07, 6.45) is 4.49. The quantitative estimate of drug-likeness (QED) is 0.229. The smallest absolute Gasteiger partial charge is 0.240 e. The molecule has 0 aliphatic carbocycles. The standard InChI is InChI=1S/C26H24BrN3O3/c1-32-22-10-11-25(33-17-18-5-4-6-21(27)13-18)20(14-22)16-29-30-26(31)12-9-19-15-28-24-8-3-2-7-23(19)24/h2-8,10-11,13-16,28H,9,12,17H2,1H3,(H,30,31)/b29-16-. The molecule has 4 aromatic rings. The van der Waals surface area contributed by atoms with Gasteiger partial charge in [0.1, 0.15) is 18.1 Å². The fourth-order valence-corrected chi connectivity index (χ4v) is 3.94. The highest BCUT2D eigenvalue weighted by Crippen LogP contribution is 2.24. The molecule has 6 nitrogen and oxygen atoms in total. The van der Waals surface area contributed by atoms with Crippen LogP contribution in [0.3, 0.4) is 0 Å². The maximum atomic E-state index is 12.3. The highest BCUT2D eigenvalue weighted by Gasteiger charge is 2.08. The molecule has 0 spiro atoms. The minimum Gasteiger partial charge on any atom is -0.497 e. The number of hydrogen-bond donors (Lipinski definition) is 2. The van der Waals surface area contributed by atoms with Crippen LogP contribution in [0.1, 0.15) is 23.1 Å². The Labute approximate surface area is 200 Å². The van der Waals surface area contributed by atoms with Crippen molar-refractivity contribution < 1.29 is 14.3 Å². The van der Waals surface area contributed by atoms with E-state index in [0.717, 1.165) is 26.5 Å². The van der Waals surface area contributed by atoms with Crippen molar-refractivity contribution in [3.8, 4) is 11.5 Å². The van der Waals surface area contributed by atoms with Gasteiger partial charge in [0.25, 0.3) is 0 Å². The third-order valence-corrected chi connectivity index (χ3v) is 5.68. The lowest BCUT2D eigenvalue weighted by Gasteiger charge is -2.11. The number of para-hydroxylation sites is 1. The van der Waals surface area contributed by atoms with Gasteiger partial charge in [-0.3, -0.25) is 4.79 Å². The number of nitrogens with one attached hydrogen (secondary N) is 2. The number of fused-ring (bicyclic) bond motifs is 1. The fraction of sp³-hybridized carbons (Fsp3) is 0.154. The van der Waals surface area contributed by atoms with Gasteiger partial charge in [-0.25, -0.2) is 5.43 Å². The van der Waals surface area contributed by atoms with Crippen LogP contribution in [0.5, 0.6) is 11.5 Å². The topological polar surface area (TPSA) is 75.7 Å². The van der Waals surface area contributed by atoms with E-state index in [4.69, 9.17) is 9.47 Å². The molecule has 168 valence electrons. The van der Waals surface area contributed by atoms with Gasteiger partial charge in [-0.2, -0.15) is 5.10 Å². The minimum atomic E-state index is -0.156. The van der Waals surface area contributed by atoms with Gasteiger partial charge in [0.2, 0.25) is 5.91 Å². The molecule has 1 aromatic heterocycles. The first-order valence-electron chi connectivity index (χ1n) is 10.5. The minimum absolute atomic E-state index is 0.156. The second-order valence-electron chi connectivity index (χ2n) is 7.48. The van der Waals surface area contributed by atoms with Gasteiger partial charge in [0, 0.05) is 33.6 Å². The Morgan fingerprint density at radius 2 is 2.00 bits per heavy atom. The van der Waals surface area contributed by atoms with Crippen molar-refractivity contribution in [2.45, 2.75) is 19.4 Å². The number of aromatic nitrogens is 1. The lowest BCUT2D eigenvalue weighted by molar-refractivity contribution is -0.121. The molecule has 2 N–H and O–H groups in total. The van der Waals surface area contributed by atoms with E-state index in [1.807, 2.05) is 66.9 Å². The SMILES string of the molecule is COc1ccc(OCc2cccc(Br)c2)c(/C=N\NC(=O)CCc2c[nH]c3ccccc23)c1. The summed E-state index contributed by atoms with van der Waals surface area (Å²) in [6.45, 7) is 0.406. The molecule has 0 saturated carbocycles. The summed E-state index contributed by atoms with van der Waals surface area (Å²) in [4.78, 5) is 15.6. The summed E-state index contributed by atoms with van der Waals surface area (Å²) in [6, 6.07) is 21.5. The van der Waals surface area contributed by atoms with Crippen LogP contribution in [-0.4, -0.2) is 24.2 Å². The number of rotatable bonds is 9. The highest BCUT2D eigenvalue weighted by molar-refractivity contribution is 9.10. The summed E-state index contributed by atoms with van der Waals surface area (Å²) in [5.41, 5.74) is 6.53. The van der Waals surface area contributed by atoms with Crippen molar-refractivity contribution in [2.24, 2.45) is 5.10 Å². The molecule has 0 aliphatic rings. The average Bonchev–Trinajstić information content (AvgIpc) is 3.25. The number of H-pyrrole nitrogens is 1. The molecule has 0 radical (unpaired) electrons. The first kappa shape index (κ1) is 22.6. The van der Waals surface area contributed by atoms with E-state index in [1.165, 1.54) is 0 Å². The number of carbonyl (C=O) groups excluding carboxylic acids is 1. The average molecular weight is 506 g/mol. The number of amides is 1. The van der Waals surface area contributed by atoms with Crippen molar-refractivity contribution in [3.05, 3.63) is 94.1 Å². The zero-order chi connectivity index (χ0) is 23.0. The number of benzene rings is 3. The molecular weight excluding hydrogens is 482 g/mol. The van der Waals surface area contributed by atoms with Gasteiger partial charge in [-0.15, -0.1) is 0 Å². The summed E-state index contributed by atoms with van der Waals surface area (Å²) >= 11 is 3.47. The number of ether oxygens (including phenoxy) is 2. The van der Waals surface area contributed by atoms with Crippen molar-refractivity contribution in [3.63, 3.8) is 0 Å². The van der Waals surface area contributed by atoms with Crippen molar-refractivity contribution in [1.29, 1.82) is 0 Å². The number of halogens is 1. The Hall–Kier alpha value is -3.58. The Kier molecular flexibility index (Phi) is 7.42. The zero-order valence-corrected chi connectivity index (χ0v) is 19.8. The Morgan fingerprint density at radius 1 is 1.12 bits per heavy atom. The Balaban J connectivity index is 1.37. The molecule has 1 amide bonds. The zero-order valence-electron chi connectivity index (χ0n) is 18.2. The number of methoxy groups -OCH3 is 1. The van der Waals surface area contributed by atoms with E-state index in [0.29, 0.717) is 36.5 Å². The van der Waals surface area contributed by atoms with Crippen LogP contribution in [0.15, 0.2) is 82.5 Å². The first-order valence-corrected chi connectivity index (χ1v) is 11.3. The van der Waals surface area contributed by atoms with Crippen LogP contribution in [0.2, 0.25) is 0 Å². The third kappa shape index (κ3) is 6.02.